The molecular weight excluding hydrogens is 243 g/mol. The van der Waals surface area contributed by atoms with Crippen molar-refractivity contribution in [2.24, 2.45) is 5.41 Å². The van der Waals surface area contributed by atoms with E-state index in [1.54, 1.807) is 0 Å². The summed E-state index contributed by atoms with van der Waals surface area (Å²) in [4.78, 5) is 0. The molecule has 0 fully saturated rings. The van der Waals surface area contributed by atoms with Gasteiger partial charge in [0.1, 0.15) is 0 Å². The van der Waals surface area contributed by atoms with Crippen LogP contribution < -0.4 is 0 Å². The van der Waals surface area contributed by atoms with Crippen LogP contribution in [0.25, 0.3) is 0 Å². The van der Waals surface area contributed by atoms with Crippen LogP contribution in [0.3, 0.4) is 0 Å². The third-order valence-corrected chi connectivity index (χ3v) is 4.81. The Morgan fingerprint density at radius 1 is 1.39 bits per heavy atom. The number of hydrogen-bond donors (Lipinski definition) is 0. The van der Waals surface area contributed by atoms with Crippen molar-refractivity contribution in [3.05, 3.63) is 23.3 Å². The molecule has 0 saturated carbocycles. The monoisotopic (exact) mass is 270 g/mol. The van der Waals surface area contributed by atoms with Gasteiger partial charge in [0, 0.05) is 12.8 Å². The minimum atomic E-state index is -1.17. The Balaban J connectivity index is 3.26. The molecule has 1 aliphatic rings. The summed E-state index contributed by atoms with van der Waals surface area (Å²) in [5.74, 6) is 0. The minimum absolute atomic E-state index is 0.00928. The first-order chi connectivity index (χ1) is 8.15. The van der Waals surface area contributed by atoms with Crippen molar-refractivity contribution in [2.75, 3.05) is 6.67 Å². The third-order valence-electron chi connectivity index (χ3n) is 3.94. The van der Waals surface area contributed by atoms with Crippen molar-refractivity contribution in [1.29, 1.82) is 0 Å². The lowest BCUT2D eigenvalue weighted by molar-refractivity contribution is 0.00492. The summed E-state index contributed by atoms with van der Waals surface area (Å²) >= 11 is 0. The zero-order valence-electron chi connectivity index (χ0n) is 12.7. The van der Waals surface area contributed by atoms with Gasteiger partial charge in [-0.15, -0.1) is 0 Å². The number of halogens is 1. The van der Waals surface area contributed by atoms with Crippen molar-refractivity contribution in [3.63, 3.8) is 0 Å². The largest absolute Gasteiger partial charge is 0.411 e. The Hall–Kier alpha value is -0.413. The van der Waals surface area contributed by atoms with Gasteiger partial charge < -0.3 is 4.43 Å². The first-order valence-electron chi connectivity index (χ1n) is 6.78. The Kier molecular flexibility index (Phi) is 4.60. The molecule has 1 unspecified atom stereocenters. The first-order valence-corrected chi connectivity index (χ1v) is 9.56. The number of rotatable bonds is 4. The standard InChI is InChI=1S/C15H27FOSi/c1-11-10-15(14(3,4)5,17-18(6)7)12(2)13(11)8-9-16/h18H,1,8-10H2,2-7H3. The van der Waals surface area contributed by atoms with Crippen LogP contribution in [0, 0.1) is 5.41 Å². The zero-order valence-corrected chi connectivity index (χ0v) is 13.8. The summed E-state index contributed by atoms with van der Waals surface area (Å²) in [6.07, 6.45) is 1.30. The highest BCUT2D eigenvalue weighted by Gasteiger charge is 2.49. The van der Waals surface area contributed by atoms with Crippen molar-refractivity contribution in [2.45, 2.75) is 59.2 Å². The van der Waals surface area contributed by atoms with E-state index in [9.17, 15) is 4.39 Å². The van der Waals surface area contributed by atoms with Crippen molar-refractivity contribution >= 4 is 9.04 Å². The number of allylic oxidation sites excluding steroid dienone is 1. The van der Waals surface area contributed by atoms with E-state index >= 15 is 0 Å². The van der Waals surface area contributed by atoms with Gasteiger partial charge >= 0.3 is 0 Å². The maximum absolute atomic E-state index is 12.7. The minimum Gasteiger partial charge on any atom is -0.411 e. The van der Waals surface area contributed by atoms with Crippen molar-refractivity contribution in [3.8, 4) is 0 Å². The van der Waals surface area contributed by atoms with Gasteiger partial charge in [0.15, 0.2) is 9.04 Å². The number of alkyl halides is 1. The molecule has 1 nitrogen and oxygen atoms in total. The molecule has 104 valence electrons. The SMILES string of the molecule is C=C1CC(O[SiH](C)C)(C(C)(C)C)C(C)=C1CCF. The molecule has 0 aliphatic heterocycles. The van der Waals surface area contributed by atoms with Gasteiger partial charge in [-0.05, 0) is 42.2 Å². The smallest absolute Gasteiger partial charge is 0.172 e. The van der Waals surface area contributed by atoms with E-state index in [-0.39, 0.29) is 17.7 Å². The quantitative estimate of drug-likeness (QED) is 0.688. The molecule has 0 aromatic carbocycles. The summed E-state index contributed by atoms with van der Waals surface area (Å²) in [5.41, 5.74) is 3.11. The number of hydrogen-bond acceptors (Lipinski definition) is 1. The molecule has 3 heteroatoms. The molecule has 1 aliphatic carbocycles. The maximum atomic E-state index is 12.7. The molecule has 0 aromatic heterocycles. The van der Waals surface area contributed by atoms with Crippen LogP contribution in [-0.2, 0) is 4.43 Å². The second-order valence-electron chi connectivity index (χ2n) is 6.57. The molecule has 1 atom stereocenters. The Labute approximate surface area is 113 Å². The molecule has 0 aromatic rings. The van der Waals surface area contributed by atoms with Crippen LogP contribution in [0.4, 0.5) is 4.39 Å². The van der Waals surface area contributed by atoms with Gasteiger partial charge in [0.25, 0.3) is 0 Å². The fourth-order valence-electron chi connectivity index (χ4n) is 3.04. The van der Waals surface area contributed by atoms with E-state index in [0.29, 0.717) is 6.42 Å². The summed E-state index contributed by atoms with van der Waals surface area (Å²) < 4.78 is 19.1. The molecule has 0 saturated heterocycles. The molecule has 0 radical (unpaired) electrons. The summed E-state index contributed by atoms with van der Waals surface area (Å²) in [5, 5.41) is 0. The molecule has 0 N–H and O–H groups in total. The first kappa shape index (κ1) is 15.6. The van der Waals surface area contributed by atoms with Crippen LogP contribution in [0.5, 0.6) is 0 Å². The third kappa shape index (κ3) is 2.62. The lowest BCUT2D eigenvalue weighted by Gasteiger charge is -2.45. The van der Waals surface area contributed by atoms with E-state index in [0.717, 1.165) is 17.6 Å². The molecule has 0 spiro atoms. The van der Waals surface area contributed by atoms with E-state index < -0.39 is 9.04 Å². The van der Waals surface area contributed by atoms with Gasteiger partial charge in [-0.3, -0.25) is 4.39 Å². The highest BCUT2D eigenvalue weighted by molar-refractivity contribution is 6.48. The van der Waals surface area contributed by atoms with Crippen LogP contribution in [0.1, 0.15) is 40.5 Å². The van der Waals surface area contributed by atoms with Crippen molar-refractivity contribution in [1.82, 2.24) is 0 Å². The zero-order chi connectivity index (χ0) is 14.1. The topological polar surface area (TPSA) is 9.23 Å². The van der Waals surface area contributed by atoms with Gasteiger partial charge in [0.2, 0.25) is 0 Å². The van der Waals surface area contributed by atoms with E-state index in [2.05, 4.69) is 47.4 Å². The second kappa shape index (κ2) is 5.30. The van der Waals surface area contributed by atoms with E-state index in [1.807, 2.05) is 0 Å². The highest BCUT2D eigenvalue weighted by atomic mass is 28.3. The van der Waals surface area contributed by atoms with E-state index in [1.165, 1.54) is 5.57 Å². The fraction of sp³-hybridized carbons (Fsp3) is 0.733. The van der Waals surface area contributed by atoms with Gasteiger partial charge in [0.05, 0.1) is 12.3 Å². The van der Waals surface area contributed by atoms with Gasteiger partial charge in [-0.25, -0.2) is 0 Å². The predicted octanol–water partition coefficient (Wildman–Crippen LogP) is 4.41. The summed E-state index contributed by atoms with van der Waals surface area (Å²) in [6.45, 7) is 16.9. The van der Waals surface area contributed by atoms with Crippen LogP contribution >= 0.6 is 0 Å². The second-order valence-corrected chi connectivity index (χ2v) is 8.90. The molecular formula is C15H27FOSi. The predicted molar refractivity (Wildman–Crippen MR) is 79.2 cm³/mol. The summed E-state index contributed by atoms with van der Waals surface area (Å²) in [6, 6.07) is 0. The average molecular weight is 270 g/mol. The summed E-state index contributed by atoms with van der Waals surface area (Å²) in [7, 11) is -1.17. The lowest BCUT2D eigenvalue weighted by Crippen LogP contribution is -2.47. The molecule has 0 heterocycles. The highest BCUT2D eigenvalue weighted by Crippen LogP contribution is 2.52. The van der Waals surface area contributed by atoms with Crippen LogP contribution in [0.15, 0.2) is 23.3 Å². The molecule has 0 amide bonds. The molecule has 0 bridgehead atoms. The molecule has 1 rings (SSSR count). The normalized spacial score (nSPS) is 25.4. The van der Waals surface area contributed by atoms with Gasteiger partial charge in [-0.2, -0.15) is 0 Å². The lowest BCUT2D eigenvalue weighted by atomic mass is 9.72. The van der Waals surface area contributed by atoms with Crippen LogP contribution in [-0.4, -0.2) is 21.3 Å². The van der Waals surface area contributed by atoms with Crippen molar-refractivity contribution < 1.29 is 8.82 Å². The van der Waals surface area contributed by atoms with Crippen LogP contribution in [0.2, 0.25) is 13.1 Å². The Bertz CT molecular complexity index is 365. The average Bonchev–Trinajstić information content (AvgIpc) is 2.42. The maximum Gasteiger partial charge on any atom is 0.172 e. The van der Waals surface area contributed by atoms with E-state index in [4.69, 9.17) is 4.43 Å². The molecule has 18 heavy (non-hydrogen) atoms. The Morgan fingerprint density at radius 2 is 1.94 bits per heavy atom. The van der Waals surface area contributed by atoms with Gasteiger partial charge in [-0.1, -0.05) is 27.4 Å². The fourth-order valence-corrected chi connectivity index (χ4v) is 4.46. The Morgan fingerprint density at radius 3 is 2.33 bits per heavy atom.